The van der Waals surface area contributed by atoms with Gasteiger partial charge in [-0.2, -0.15) is 0 Å². The molecule has 2 aromatic carbocycles. The molecule has 172 valence electrons. The maximum Gasteiger partial charge on any atom is 0.338 e. The standard InChI is InChI=1S/C25H27N3O4S/c1-17-22(24(30)32-16-15-31-3)23(27-25(33)28(17)2)19-10-12-20(13-11-19)26-21(29)14-9-18-7-5-4-6-8-18/h4-14,23H,15-16H2,1-3H3,(H,26,29)(H,27,33). The number of hydrogen-bond acceptors (Lipinski definition) is 5. The molecule has 1 heterocycles. The van der Waals surface area contributed by atoms with E-state index in [0.717, 1.165) is 16.8 Å². The predicted octanol–water partition coefficient (Wildman–Crippen LogP) is 3.66. The van der Waals surface area contributed by atoms with E-state index in [1.165, 1.54) is 6.08 Å². The summed E-state index contributed by atoms with van der Waals surface area (Å²) in [6.07, 6.45) is 3.24. The van der Waals surface area contributed by atoms with Crippen LogP contribution in [0.5, 0.6) is 0 Å². The first-order chi connectivity index (χ1) is 15.9. The minimum atomic E-state index is -0.466. The summed E-state index contributed by atoms with van der Waals surface area (Å²) in [7, 11) is 3.35. The number of anilines is 1. The van der Waals surface area contributed by atoms with Crippen LogP contribution < -0.4 is 10.6 Å². The number of hydrogen-bond donors (Lipinski definition) is 2. The molecule has 8 heteroatoms. The van der Waals surface area contributed by atoms with Crippen molar-refractivity contribution < 1.29 is 19.1 Å². The van der Waals surface area contributed by atoms with E-state index in [2.05, 4.69) is 10.6 Å². The van der Waals surface area contributed by atoms with Gasteiger partial charge in [0.15, 0.2) is 5.11 Å². The van der Waals surface area contributed by atoms with Crippen molar-refractivity contribution in [2.45, 2.75) is 13.0 Å². The fourth-order valence-corrected chi connectivity index (χ4v) is 3.58. The Kier molecular flexibility index (Phi) is 8.34. The second-order valence-electron chi connectivity index (χ2n) is 7.42. The lowest BCUT2D eigenvalue weighted by Crippen LogP contribution is -2.46. The third-order valence-corrected chi connectivity index (χ3v) is 5.62. The highest BCUT2D eigenvalue weighted by Gasteiger charge is 2.33. The zero-order valence-electron chi connectivity index (χ0n) is 18.8. The second-order valence-corrected chi connectivity index (χ2v) is 7.81. The molecular weight excluding hydrogens is 438 g/mol. The van der Waals surface area contributed by atoms with Crippen molar-refractivity contribution in [1.82, 2.24) is 10.2 Å². The number of carbonyl (C=O) groups excluding carboxylic acids is 2. The summed E-state index contributed by atoms with van der Waals surface area (Å²) < 4.78 is 10.3. The Hall–Kier alpha value is -3.49. The molecule has 3 rings (SSSR count). The number of nitrogens with zero attached hydrogens (tertiary/aromatic N) is 1. The Labute approximate surface area is 199 Å². The van der Waals surface area contributed by atoms with E-state index in [-0.39, 0.29) is 12.5 Å². The van der Waals surface area contributed by atoms with Crippen LogP contribution in [0.15, 0.2) is 71.9 Å². The van der Waals surface area contributed by atoms with E-state index in [0.29, 0.717) is 23.0 Å². The number of nitrogens with one attached hydrogen (secondary N) is 2. The van der Waals surface area contributed by atoms with Crippen LogP contribution in [-0.4, -0.2) is 49.3 Å². The Bertz CT molecular complexity index is 1060. The van der Waals surface area contributed by atoms with Crippen LogP contribution in [0.3, 0.4) is 0 Å². The van der Waals surface area contributed by atoms with Crippen LogP contribution in [0.2, 0.25) is 0 Å². The summed E-state index contributed by atoms with van der Waals surface area (Å²) in [5.74, 6) is -0.664. The second kappa shape index (κ2) is 11.4. The van der Waals surface area contributed by atoms with Crippen LogP contribution in [0.25, 0.3) is 6.08 Å². The number of ether oxygens (including phenoxy) is 2. The van der Waals surface area contributed by atoms with Crippen LogP contribution in [0, 0.1) is 0 Å². The van der Waals surface area contributed by atoms with Gasteiger partial charge in [0.25, 0.3) is 0 Å². The minimum Gasteiger partial charge on any atom is -0.460 e. The van der Waals surface area contributed by atoms with E-state index < -0.39 is 12.0 Å². The molecule has 0 saturated carbocycles. The number of methoxy groups -OCH3 is 1. The van der Waals surface area contributed by atoms with Crippen LogP contribution in [0.4, 0.5) is 5.69 Å². The molecule has 0 spiro atoms. The average molecular weight is 466 g/mol. The van der Waals surface area contributed by atoms with Gasteiger partial charge in [0.1, 0.15) is 6.61 Å². The highest BCUT2D eigenvalue weighted by Crippen LogP contribution is 2.31. The van der Waals surface area contributed by atoms with E-state index in [1.54, 1.807) is 37.3 Å². The van der Waals surface area contributed by atoms with Gasteiger partial charge in [-0.25, -0.2) is 4.79 Å². The molecule has 2 N–H and O–H groups in total. The Morgan fingerprint density at radius 1 is 1.12 bits per heavy atom. The smallest absolute Gasteiger partial charge is 0.338 e. The van der Waals surface area contributed by atoms with Crippen molar-refractivity contribution in [2.75, 3.05) is 32.7 Å². The van der Waals surface area contributed by atoms with Crippen LogP contribution in [-0.2, 0) is 19.1 Å². The van der Waals surface area contributed by atoms with Crippen molar-refractivity contribution in [3.63, 3.8) is 0 Å². The van der Waals surface area contributed by atoms with Gasteiger partial charge in [-0.3, -0.25) is 4.79 Å². The first-order valence-corrected chi connectivity index (χ1v) is 10.9. The molecule has 33 heavy (non-hydrogen) atoms. The molecule has 0 radical (unpaired) electrons. The summed E-state index contributed by atoms with van der Waals surface area (Å²) in [6, 6.07) is 16.4. The Balaban J connectivity index is 1.74. The molecule has 0 aromatic heterocycles. The lowest BCUT2D eigenvalue weighted by molar-refractivity contribution is -0.140. The SMILES string of the molecule is COCCOC(=O)C1=C(C)N(C)C(=S)NC1c1ccc(NC(=O)C=Cc2ccccc2)cc1. The van der Waals surface area contributed by atoms with Gasteiger partial charge in [-0.1, -0.05) is 42.5 Å². The molecule has 0 aliphatic carbocycles. The molecule has 1 unspecified atom stereocenters. The highest BCUT2D eigenvalue weighted by molar-refractivity contribution is 7.80. The summed E-state index contributed by atoms with van der Waals surface area (Å²) in [5, 5.41) is 6.55. The number of carbonyl (C=O) groups is 2. The van der Waals surface area contributed by atoms with Crippen molar-refractivity contribution in [3.8, 4) is 0 Å². The summed E-state index contributed by atoms with van der Waals surface area (Å²) in [5.41, 5.74) is 3.60. The summed E-state index contributed by atoms with van der Waals surface area (Å²) >= 11 is 5.42. The van der Waals surface area contributed by atoms with Gasteiger partial charge in [0.05, 0.1) is 18.2 Å². The molecule has 1 aliphatic rings. The van der Waals surface area contributed by atoms with E-state index in [9.17, 15) is 9.59 Å². The fraction of sp³-hybridized carbons (Fsp3) is 0.240. The molecule has 0 saturated heterocycles. The highest BCUT2D eigenvalue weighted by atomic mass is 32.1. The molecule has 7 nitrogen and oxygen atoms in total. The maximum atomic E-state index is 12.8. The van der Waals surface area contributed by atoms with Crippen molar-refractivity contribution in [1.29, 1.82) is 0 Å². The summed E-state index contributed by atoms with van der Waals surface area (Å²) in [4.78, 5) is 26.8. The van der Waals surface area contributed by atoms with Gasteiger partial charge in [-0.15, -0.1) is 0 Å². The van der Waals surface area contributed by atoms with Crippen LogP contribution in [0.1, 0.15) is 24.1 Å². The molecule has 2 aromatic rings. The Morgan fingerprint density at radius 3 is 2.48 bits per heavy atom. The first kappa shape index (κ1) is 24.2. The quantitative estimate of drug-likeness (QED) is 0.267. The monoisotopic (exact) mass is 465 g/mol. The van der Waals surface area contributed by atoms with E-state index >= 15 is 0 Å². The molecule has 0 bridgehead atoms. The van der Waals surface area contributed by atoms with Crippen molar-refractivity contribution >= 4 is 41.0 Å². The molecule has 1 aliphatic heterocycles. The summed E-state index contributed by atoms with van der Waals surface area (Å²) in [6.45, 7) is 2.31. The minimum absolute atomic E-state index is 0.161. The molecule has 0 fully saturated rings. The topological polar surface area (TPSA) is 79.9 Å². The zero-order chi connectivity index (χ0) is 23.8. The average Bonchev–Trinajstić information content (AvgIpc) is 2.82. The van der Waals surface area contributed by atoms with Crippen molar-refractivity contribution in [3.05, 3.63) is 83.1 Å². The number of thiocarbonyl (C=S) groups is 1. The Morgan fingerprint density at radius 2 is 1.82 bits per heavy atom. The van der Waals surface area contributed by atoms with Crippen LogP contribution >= 0.6 is 12.2 Å². The molecule has 1 amide bonds. The lowest BCUT2D eigenvalue weighted by atomic mass is 9.95. The van der Waals surface area contributed by atoms with Crippen molar-refractivity contribution in [2.24, 2.45) is 0 Å². The first-order valence-electron chi connectivity index (χ1n) is 10.5. The third kappa shape index (κ3) is 6.27. The van der Waals surface area contributed by atoms with Gasteiger partial charge in [0, 0.05) is 31.6 Å². The van der Waals surface area contributed by atoms with Gasteiger partial charge in [0.2, 0.25) is 5.91 Å². The maximum absolute atomic E-state index is 12.8. The third-order valence-electron chi connectivity index (χ3n) is 5.23. The number of rotatable bonds is 8. The largest absolute Gasteiger partial charge is 0.460 e. The molecule has 1 atom stereocenters. The van der Waals surface area contributed by atoms with Gasteiger partial charge in [-0.05, 0) is 48.5 Å². The van der Waals surface area contributed by atoms with Gasteiger partial charge >= 0.3 is 5.97 Å². The number of benzene rings is 2. The van der Waals surface area contributed by atoms with Gasteiger partial charge < -0.3 is 25.0 Å². The number of amides is 1. The lowest BCUT2D eigenvalue weighted by Gasteiger charge is -2.35. The number of allylic oxidation sites excluding steroid dienone is 1. The molecular formula is C25H27N3O4S. The number of esters is 1. The van der Waals surface area contributed by atoms with E-state index in [1.807, 2.05) is 49.4 Å². The van der Waals surface area contributed by atoms with E-state index in [4.69, 9.17) is 21.7 Å². The zero-order valence-corrected chi connectivity index (χ0v) is 19.6. The fourth-order valence-electron chi connectivity index (χ4n) is 3.32. The normalized spacial score (nSPS) is 16.0. The predicted molar refractivity (Wildman–Crippen MR) is 132 cm³/mol.